The molecule has 1 atom stereocenters. The second-order valence-corrected chi connectivity index (χ2v) is 8.00. The normalized spacial score (nSPS) is 19.6. The second-order valence-electron chi connectivity index (χ2n) is 7.59. The summed E-state index contributed by atoms with van der Waals surface area (Å²) in [6.45, 7) is 4.76. The Balaban J connectivity index is 1.33. The predicted octanol–water partition coefficient (Wildman–Crippen LogP) is 2.64. The van der Waals surface area contributed by atoms with Crippen molar-refractivity contribution < 1.29 is 13.9 Å². The van der Waals surface area contributed by atoms with Gasteiger partial charge in [-0.3, -0.25) is 4.79 Å². The number of carbonyl (C=O) groups is 1. The van der Waals surface area contributed by atoms with Gasteiger partial charge in [-0.15, -0.1) is 10.2 Å². The first-order valence-electron chi connectivity index (χ1n) is 10.2. The molecule has 0 bridgehead atoms. The first kappa shape index (κ1) is 20.8. The lowest BCUT2D eigenvalue weighted by atomic mass is 9.97. The van der Waals surface area contributed by atoms with Crippen molar-refractivity contribution in [1.82, 2.24) is 15.5 Å². The van der Waals surface area contributed by atoms with E-state index in [-0.39, 0.29) is 18.4 Å². The van der Waals surface area contributed by atoms with Crippen LogP contribution in [0.2, 0.25) is 5.02 Å². The summed E-state index contributed by atoms with van der Waals surface area (Å²) in [6.07, 6.45) is 1.72. The zero-order chi connectivity index (χ0) is 20.9. The third-order valence-corrected chi connectivity index (χ3v) is 5.91. The minimum Gasteiger partial charge on any atom is -0.378 e. The van der Waals surface area contributed by atoms with E-state index in [1.54, 1.807) is 6.07 Å². The first-order valence-corrected chi connectivity index (χ1v) is 10.6. The molecule has 0 spiro atoms. The van der Waals surface area contributed by atoms with Gasteiger partial charge >= 0.3 is 0 Å². The van der Waals surface area contributed by atoms with Crippen LogP contribution in [-0.4, -0.2) is 55.5 Å². The molecule has 3 heterocycles. The number of anilines is 2. The molecule has 2 aromatic rings. The number of ether oxygens (including phenoxy) is 1. The van der Waals surface area contributed by atoms with Crippen LogP contribution < -0.4 is 15.1 Å². The number of hydrogen-bond acceptors (Lipinski definition) is 6. The molecule has 2 fully saturated rings. The Labute approximate surface area is 180 Å². The number of amides is 1. The maximum absolute atomic E-state index is 13.2. The second kappa shape index (κ2) is 9.57. The topological polar surface area (TPSA) is 70.6 Å². The molecule has 2 aliphatic rings. The molecule has 0 saturated carbocycles. The molecule has 30 heavy (non-hydrogen) atoms. The Kier molecular flexibility index (Phi) is 6.64. The van der Waals surface area contributed by atoms with Gasteiger partial charge in [-0.25, -0.2) is 4.39 Å². The van der Waals surface area contributed by atoms with E-state index in [4.69, 9.17) is 16.3 Å². The van der Waals surface area contributed by atoms with Gasteiger partial charge in [0.05, 0.1) is 19.1 Å². The number of piperidine rings is 1. The standard InChI is InChI=1S/C21H25ClFN5O2/c22-18-12-17(23)4-3-15(18)13-24-21(29)16-2-1-7-28(14-16)20-6-5-19(25-26-20)27-8-10-30-11-9-27/h3-6,12,16H,1-2,7-11,13-14H2,(H,24,29)/t16-/m0/s1. The number of nitrogens with one attached hydrogen (secondary N) is 1. The van der Waals surface area contributed by atoms with E-state index >= 15 is 0 Å². The van der Waals surface area contributed by atoms with Crippen LogP contribution in [0.3, 0.4) is 0 Å². The van der Waals surface area contributed by atoms with Crippen molar-refractivity contribution in [3.63, 3.8) is 0 Å². The number of morpholine rings is 1. The quantitative estimate of drug-likeness (QED) is 0.781. The fraction of sp³-hybridized carbons (Fsp3) is 0.476. The van der Waals surface area contributed by atoms with Crippen LogP contribution in [0.1, 0.15) is 18.4 Å². The summed E-state index contributed by atoms with van der Waals surface area (Å²) >= 11 is 6.05. The molecule has 4 rings (SSSR count). The lowest BCUT2D eigenvalue weighted by molar-refractivity contribution is -0.125. The van der Waals surface area contributed by atoms with Crippen molar-refractivity contribution in [3.8, 4) is 0 Å². The molecule has 0 aliphatic carbocycles. The number of hydrogen-bond donors (Lipinski definition) is 1. The summed E-state index contributed by atoms with van der Waals surface area (Å²) in [4.78, 5) is 16.9. The van der Waals surface area contributed by atoms with Gasteiger partial charge in [-0.2, -0.15) is 0 Å². The SMILES string of the molecule is O=C(NCc1ccc(F)cc1Cl)[C@H]1CCCN(c2ccc(N3CCOCC3)nn2)C1. The van der Waals surface area contributed by atoms with Crippen LogP contribution in [0, 0.1) is 11.7 Å². The molecule has 2 saturated heterocycles. The fourth-order valence-corrected chi connectivity index (χ4v) is 4.07. The van der Waals surface area contributed by atoms with Crippen LogP contribution in [0.5, 0.6) is 0 Å². The highest BCUT2D eigenvalue weighted by atomic mass is 35.5. The lowest BCUT2D eigenvalue weighted by Gasteiger charge is -2.33. The van der Waals surface area contributed by atoms with Gasteiger partial charge < -0.3 is 19.9 Å². The summed E-state index contributed by atoms with van der Waals surface area (Å²) < 4.78 is 18.5. The van der Waals surface area contributed by atoms with E-state index in [0.29, 0.717) is 30.3 Å². The maximum Gasteiger partial charge on any atom is 0.225 e. The zero-order valence-corrected chi connectivity index (χ0v) is 17.4. The summed E-state index contributed by atoms with van der Waals surface area (Å²) in [6, 6.07) is 8.14. The smallest absolute Gasteiger partial charge is 0.225 e. The van der Waals surface area contributed by atoms with E-state index in [0.717, 1.165) is 44.1 Å². The van der Waals surface area contributed by atoms with E-state index in [2.05, 4.69) is 25.3 Å². The average Bonchev–Trinajstić information content (AvgIpc) is 2.79. The van der Waals surface area contributed by atoms with Crippen LogP contribution in [0.25, 0.3) is 0 Å². The van der Waals surface area contributed by atoms with Gasteiger partial charge in [0.1, 0.15) is 5.82 Å². The number of halogens is 2. The Morgan fingerprint density at radius 3 is 2.57 bits per heavy atom. The maximum atomic E-state index is 13.2. The summed E-state index contributed by atoms with van der Waals surface area (Å²) in [5.41, 5.74) is 0.698. The number of nitrogens with zero attached hydrogens (tertiary/aromatic N) is 4. The Bertz CT molecular complexity index is 876. The Hall–Kier alpha value is -2.45. The van der Waals surface area contributed by atoms with Gasteiger partial charge in [0, 0.05) is 37.7 Å². The molecule has 1 aromatic heterocycles. The molecule has 1 N–H and O–H groups in total. The molecule has 160 valence electrons. The highest BCUT2D eigenvalue weighted by molar-refractivity contribution is 6.31. The number of rotatable bonds is 5. The van der Waals surface area contributed by atoms with Gasteiger partial charge in [0.15, 0.2) is 11.6 Å². The van der Waals surface area contributed by atoms with Crippen molar-refractivity contribution >= 4 is 29.1 Å². The van der Waals surface area contributed by atoms with Crippen molar-refractivity contribution in [3.05, 3.63) is 46.7 Å². The van der Waals surface area contributed by atoms with Crippen LogP contribution in [0.4, 0.5) is 16.0 Å². The summed E-state index contributed by atoms with van der Waals surface area (Å²) in [7, 11) is 0. The highest BCUT2D eigenvalue weighted by Crippen LogP contribution is 2.23. The molecule has 0 radical (unpaired) electrons. The van der Waals surface area contributed by atoms with Gasteiger partial charge in [-0.1, -0.05) is 17.7 Å². The lowest BCUT2D eigenvalue weighted by Crippen LogP contribution is -2.43. The Morgan fingerprint density at radius 2 is 1.87 bits per heavy atom. The molecular weight excluding hydrogens is 409 g/mol. The molecule has 9 heteroatoms. The number of benzene rings is 1. The van der Waals surface area contributed by atoms with Crippen molar-refractivity contribution in [2.24, 2.45) is 5.92 Å². The van der Waals surface area contributed by atoms with Crippen LogP contribution >= 0.6 is 11.6 Å². The molecule has 0 unspecified atom stereocenters. The zero-order valence-electron chi connectivity index (χ0n) is 16.7. The fourth-order valence-electron chi connectivity index (χ4n) is 3.84. The summed E-state index contributed by atoms with van der Waals surface area (Å²) in [5, 5.41) is 12.0. The molecule has 1 amide bonds. The van der Waals surface area contributed by atoms with Crippen molar-refractivity contribution in [2.75, 3.05) is 49.2 Å². The number of carbonyl (C=O) groups excluding carboxylic acids is 1. The van der Waals surface area contributed by atoms with Crippen molar-refractivity contribution in [1.29, 1.82) is 0 Å². The largest absolute Gasteiger partial charge is 0.378 e. The van der Waals surface area contributed by atoms with E-state index in [1.165, 1.54) is 12.1 Å². The highest BCUT2D eigenvalue weighted by Gasteiger charge is 2.27. The third-order valence-electron chi connectivity index (χ3n) is 5.56. The first-order chi connectivity index (χ1) is 14.6. The monoisotopic (exact) mass is 433 g/mol. The van der Waals surface area contributed by atoms with Crippen molar-refractivity contribution in [2.45, 2.75) is 19.4 Å². The third kappa shape index (κ3) is 4.99. The predicted molar refractivity (Wildman–Crippen MR) is 113 cm³/mol. The van der Waals surface area contributed by atoms with E-state index < -0.39 is 5.82 Å². The van der Waals surface area contributed by atoms with Crippen LogP contribution in [0.15, 0.2) is 30.3 Å². The average molecular weight is 434 g/mol. The van der Waals surface area contributed by atoms with Gasteiger partial charge in [-0.05, 0) is 42.7 Å². The Morgan fingerprint density at radius 1 is 1.13 bits per heavy atom. The molecular formula is C21H25ClFN5O2. The summed E-state index contributed by atoms with van der Waals surface area (Å²) in [5.74, 6) is 1.08. The van der Waals surface area contributed by atoms with Crippen LogP contribution in [-0.2, 0) is 16.1 Å². The minimum atomic E-state index is -0.390. The molecule has 1 aromatic carbocycles. The van der Waals surface area contributed by atoms with E-state index in [9.17, 15) is 9.18 Å². The van der Waals surface area contributed by atoms with E-state index in [1.807, 2.05) is 12.1 Å². The number of aromatic nitrogens is 2. The van der Waals surface area contributed by atoms with Gasteiger partial charge in [0.2, 0.25) is 5.91 Å². The van der Waals surface area contributed by atoms with Gasteiger partial charge in [0.25, 0.3) is 0 Å². The molecule has 2 aliphatic heterocycles. The molecule has 7 nitrogen and oxygen atoms in total. The minimum absolute atomic E-state index is 0.0296.